The summed E-state index contributed by atoms with van der Waals surface area (Å²) in [4.78, 5) is 38.9. The second-order valence-corrected chi connectivity index (χ2v) is 10.1. The van der Waals surface area contributed by atoms with Gasteiger partial charge in [-0.15, -0.1) is 0 Å². The standard InChI is InChI=1S/C27H28N2O5/c30-24(29-11-5-6-17-13-27(17,29)25(31)32)22-12-16(22)14-28-26(33)34-15-23-20-9-3-1-7-18(20)19-8-2-4-10-21(19)23/h1-4,7-10,16-17,22-23H,5-6,11-15H2,(H,28,33)(H,31,32)/t16-,17?,22-,27?/m1/s1. The van der Waals surface area contributed by atoms with E-state index in [1.807, 2.05) is 24.3 Å². The summed E-state index contributed by atoms with van der Waals surface area (Å²) in [7, 11) is 0. The van der Waals surface area contributed by atoms with Crippen molar-refractivity contribution in [3.63, 3.8) is 0 Å². The zero-order chi connectivity index (χ0) is 23.4. The van der Waals surface area contributed by atoms with Gasteiger partial charge in [-0.25, -0.2) is 9.59 Å². The molecule has 7 heteroatoms. The number of carboxylic acid groups (broad SMARTS) is 1. The number of carboxylic acids is 1. The molecule has 1 saturated heterocycles. The molecule has 2 aromatic rings. The van der Waals surface area contributed by atoms with Crippen LogP contribution in [0.1, 0.15) is 42.7 Å². The van der Waals surface area contributed by atoms with Gasteiger partial charge in [0.15, 0.2) is 0 Å². The Morgan fingerprint density at radius 1 is 1.06 bits per heavy atom. The summed E-state index contributed by atoms with van der Waals surface area (Å²) in [6, 6.07) is 16.4. The Kier molecular flexibility index (Phi) is 4.90. The van der Waals surface area contributed by atoms with E-state index in [-0.39, 0.29) is 36.2 Å². The molecule has 2 unspecified atom stereocenters. The van der Waals surface area contributed by atoms with Crippen molar-refractivity contribution >= 4 is 18.0 Å². The Balaban J connectivity index is 1.02. The lowest BCUT2D eigenvalue weighted by Crippen LogP contribution is -2.52. The minimum absolute atomic E-state index is 0.00574. The van der Waals surface area contributed by atoms with E-state index in [0.717, 1.165) is 24.0 Å². The molecule has 3 fully saturated rings. The molecular weight excluding hydrogens is 432 g/mol. The molecule has 2 N–H and O–H groups in total. The van der Waals surface area contributed by atoms with E-state index in [4.69, 9.17) is 4.74 Å². The molecule has 7 nitrogen and oxygen atoms in total. The number of nitrogens with one attached hydrogen (secondary N) is 1. The van der Waals surface area contributed by atoms with Crippen molar-refractivity contribution in [2.24, 2.45) is 17.8 Å². The second kappa shape index (κ2) is 7.86. The average Bonchev–Trinajstić information content (AvgIpc) is 3.76. The number of amides is 2. The molecular formula is C27H28N2O5. The summed E-state index contributed by atoms with van der Waals surface area (Å²) in [6.45, 7) is 1.14. The van der Waals surface area contributed by atoms with Crippen molar-refractivity contribution in [3.05, 3.63) is 59.7 Å². The summed E-state index contributed by atoms with van der Waals surface area (Å²) in [5, 5.41) is 12.5. The van der Waals surface area contributed by atoms with Crippen LogP contribution in [0.3, 0.4) is 0 Å². The number of alkyl carbamates (subject to hydrolysis) is 1. The van der Waals surface area contributed by atoms with Crippen LogP contribution in [0.2, 0.25) is 0 Å². The van der Waals surface area contributed by atoms with Gasteiger partial charge in [-0.1, -0.05) is 48.5 Å². The Morgan fingerprint density at radius 2 is 1.74 bits per heavy atom. The molecule has 1 aliphatic heterocycles. The first-order valence-electron chi connectivity index (χ1n) is 12.1. The first-order chi connectivity index (χ1) is 16.5. The van der Waals surface area contributed by atoms with Gasteiger partial charge in [0.2, 0.25) is 5.91 Å². The molecule has 0 bridgehead atoms. The van der Waals surface area contributed by atoms with Crippen LogP contribution in [0.4, 0.5) is 4.79 Å². The van der Waals surface area contributed by atoms with E-state index in [2.05, 4.69) is 29.6 Å². The van der Waals surface area contributed by atoms with E-state index in [9.17, 15) is 19.5 Å². The highest BCUT2D eigenvalue weighted by Gasteiger charge is 2.68. The molecule has 4 aliphatic rings. The van der Waals surface area contributed by atoms with Gasteiger partial charge in [0.05, 0.1) is 0 Å². The summed E-state index contributed by atoms with van der Waals surface area (Å²) < 4.78 is 5.58. The van der Waals surface area contributed by atoms with Crippen LogP contribution in [0, 0.1) is 17.8 Å². The first kappa shape index (κ1) is 21.2. The molecule has 34 heavy (non-hydrogen) atoms. The van der Waals surface area contributed by atoms with Crippen LogP contribution in [0.15, 0.2) is 48.5 Å². The summed E-state index contributed by atoms with van der Waals surface area (Å²) in [5.41, 5.74) is 3.72. The number of likely N-dealkylation sites (tertiary alicyclic amines) is 1. The largest absolute Gasteiger partial charge is 0.479 e. The van der Waals surface area contributed by atoms with E-state index in [1.54, 1.807) is 4.90 Å². The lowest BCUT2D eigenvalue weighted by atomic mass is 9.98. The number of rotatable bonds is 6. The van der Waals surface area contributed by atoms with Crippen LogP contribution < -0.4 is 5.32 Å². The van der Waals surface area contributed by atoms with Crippen molar-refractivity contribution in [1.82, 2.24) is 10.2 Å². The number of nitrogens with zero attached hydrogens (tertiary/aromatic N) is 1. The zero-order valence-corrected chi connectivity index (χ0v) is 18.9. The van der Waals surface area contributed by atoms with Crippen LogP contribution >= 0.6 is 0 Å². The predicted molar refractivity (Wildman–Crippen MR) is 124 cm³/mol. The fourth-order valence-corrected chi connectivity index (χ4v) is 6.21. The van der Waals surface area contributed by atoms with Crippen LogP contribution in [-0.4, -0.2) is 53.2 Å². The van der Waals surface area contributed by atoms with Crippen LogP contribution in [-0.2, 0) is 14.3 Å². The molecule has 6 rings (SSSR count). The fraction of sp³-hybridized carbons (Fsp3) is 0.444. The predicted octanol–water partition coefficient (Wildman–Crippen LogP) is 3.63. The molecule has 0 spiro atoms. The van der Waals surface area contributed by atoms with Gasteiger partial charge >= 0.3 is 12.1 Å². The normalized spacial score (nSPS) is 28.4. The van der Waals surface area contributed by atoms with Gasteiger partial charge < -0.3 is 20.1 Å². The van der Waals surface area contributed by atoms with Crippen molar-refractivity contribution in [1.29, 1.82) is 0 Å². The number of benzene rings is 2. The third-order valence-corrected chi connectivity index (χ3v) is 8.22. The monoisotopic (exact) mass is 460 g/mol. The fourth-order valence-electron chi connectivity index (χ4n) is 6.21. The maximum absolute atomic E-state index is 13.0. The van der Waals surface area contributed by atoms with Gasteiger partial charge in [0, 0.05) is 24.9 Å². The lowest BCUT2D eigenvalue weighted by molar-refractivity contribution is -0.155. The highest BCUT2D eigenvalue weighted by atomic mass is 16.5. The molecule has 2 amide bonds. The Morgan fingerprint density at radius 3 is 2.41 bits per heavy atom. The van der Waals surface area contributed by atoms with Gasteiger partial charge in [-0.05, 0) is 59.8 Å². The van der Waals surface area contributed by atoms with Crippen molar-refractivity contribution < 1.29 is 24.2 Å². The summed E-state index contributed by atoms with van der Waals surface area (Å²) in [6.07, 6.45) is 2.51. The number of carbonyl (C=O) groups is 3. The van der Waals surface area contributed by atoms with Gasteiger partial charge in [-0.3, -0.25) is 4.79 Å². The number of piperidine rings is 1. The van der Waals surface area contributed by atoms with E-state index >= 15 is 0 Å². The van der Waals surface area contributed by atoms with E-state index < -0.39 is 17.6 Å². The molecule has 2 saturated carbocycles. The van der Waals surface area contributed by atoms with E-state index in [1.165, 1.54) is 11.1 Å². The highest BCUT2D eigenvalue weighted by Crippen LogP contribution is 2.56. The smallest absolute Gasteiger partial charge is 0.407 e. The minimum Gasteiger partial charge on any atom is -0.479 e. The maximum atomic E-state index is 13.0. The van der Waals surface area contributed by atoms with Crippen LogP contribution in [0.25, 0.3) is 11.1 Å². The number of hydrogen-bond acceptors (Lipinski definition) is 4. The molecule has 2 aromatic carbocycles. The minimum atomic E-state index is -0.970. The average molecular weight is 461 g/mol. The molecule has 4 atom stereocenters. The van der Waals surface area contributed by atoms with E-state index in [0.29, 0.717) is 25.9 Å². The second-order valence-electron chi connectivity index (χ2n) is 10.1. The molecule has 176 valence electrons. The third kappa shape index (κ3) is 3.29. The Bertz CT molecular complexity index is 1130. The summed E-state index contributed by atoms with van der Waals surface area (Å²) >= 11 is 0. The van der Waals surface area contributed by atoms with Crippen molar-refractivity contribution in [2.75, 3.05) is 19.7 Å². The van der Waals surface area contributed by atoms with Crippen molar-refractivity contribution in [3.8, 4) is 11.1 Å². The lowest BCUT2D eigenvalue weighted by Gasteiger charge is -2.34. The van der Waals surface area contributed by atoms with Gasteiger partial charge in [0.1, 0.15) is 12.1 Å². The Labute approximate surface area is 198 Å². The molecule has 0 radical (unpaired) electrons. The Hall–Kier alpha value is -3.35. The maximum Gasteiger partial charge on any atom is 0.407 e. The van der Waals surface area contributed by atoms with Crippen molar-refractivity contribution in [2.45, 2.75) is 37.1 Å². The number of ether oxygens (including phenoxy) is 1. The SMILES string of the molecule is O=C(NC[C@H]1C[C@H]1C(=O)N1CCCC2CC21C(=O)O)OCC1c2ccccc2-c2ccccc21. The molecule has 0 aromatic heterocycles. The molecule has 3 aliphatic carbocycles. The topological polar surface area (TPSA) is 95.9 Å². The third-order valence-electron chi connectivity index (χ3n) is 8.22. The number of carbonyl (C=O) groups excluding carboxylic acids is 2. The zero-order valence-electron chi connectivity index (χ0n) is 18.9. The number of fused-ring (bicyclic) bond motifs is 4. The number of hydrogen-bond donors (Lipinski definition) is 2. The van der Waals surface area contributed by atoms with Crippen LogP contribution in [0.5, 0.6) is 0 Å². The molecule has 1 heterocycles. The van der Waals surface area contributed by atoms with Gasteiger partial charge in [0.25, 0.3) is 0 Å². The summed E-state index contributed by atoms with van der Waals surface area (Å²) in [5.74, 6) is -1.00. The first-order valence-corrected chi connectivity index (χ1v) is 12.1. The van der Waals surface area contributed by atoms with Gasteiger partial charge in [-0.2, -0.15) is 0 Å². The highest BCUT2D eigenvalue weighted by molar-refractivity contribution is 5.92. The number of aliphatic carboxylic acids is 1. The quantitative estimate of drug-likeness (QED) is 0.686.